The number of carbonyl (C=O) groups excluding carboxylic acids is 1. The molecule has 1 aromatic carbocycles. The van der Waals surface area contributed by atoms with E-state index in [-0.39, 0.29) is 11.7 Å². The van der Waals surface area contributed by atoms with Crippen LogP contribution in [0.5, 0.6) is 0 Å². The number of carbonyl (C=O) groups is 1. The van der Waals surface area contributed by atoms with Gasteiger partial charge in [0.25, 0.3) is 5.91 Å². The largest absolute Gasteiger partial charge is 0.320 e. The molecule has 4 rings (SSSR count). The lowest BCUT2D eigenvalue weighted by Gasteiger charge is -2.11. The maximum Gasteiger partial charge on any atom is 0.265 e. The normalized spacial score (nSPS) is 13.8. The predicted octanol–water partition coefficient (Wildman–Crippen LogP) is 5.48. The first kappa shape index (κ1) is 18.7. The smallest absolute Gasteiger partial charge is 0.265 e. The van der Waals surface area contributed by atoms with Crippen LogP contribution in [0.15, 0.2) is 65.3 Å². The van der Waals surface area contributed by atoms with Gasteiger partial charge in [0.15, 0.2) is 0 Å². The highest BCUT2D eigenvalue weighted by molar-refractivity contribution is 7.17. The molecule has 1 amide bonds. The molecule has 0 saturated heterocycles. The summed E-state index contributed by atoms with van der Waals surface area (Å²) in [7, 11) is 1.80. The van der Waals surface area contributed by atoms with E-state index < -0.39 is 0 Å². The number of allylic oxidation sites excluding steroid dienone is 3. The molecule has 0 fully saturated rings. The number of nitrogens with one attached hydrogen (secondary N) is 1. The van der Waals surface area contributed by atoms with E-state index in [2.05, 4.69) is 10.4 Å². The molecule has 1 N–H and O–H groups in total. The topological polar surface area (TPSA) is 46.9 Å². The number of rotatable bonds is 4. The second-order valence-corrected chi connectivity index (χ2v) is 7.94. The van der Waals surface area contributed by atoms with Crippen molar-refractivity contribution in [2.75, 3.05) is 0 Å². The van der Waals surface area contributed by atoms with E-state index in [0.717, 1.165) is 23.4 Å². The quantitative estimate of drug-likeness (QED) is 0.615. The fourth-order valence-corrected chi connectivity index (χ4v) is 4.19. The van der Waals surface area contributed by atoms with Crippen LogP contribution in [0.3, 0.4) is 0 Å². The summed E-state index contributed by atoms with van der Waals surface area (Å²) in [6.07, 6.45) is 5.44. The van der Waals surface area contributed by atoms with Crippen molar-refractivity contribution in [3.8, 4) is 21.8 Å². The highest BCUT2D eigenvalue weighted by Crippen LogP contribution is 2.32. The average molecular weight is 414 g/mol. The molecule has 0 spiro atoms. The molecule has 2 heterocycles. The van der Waals surface area contributed by atoms with Crippen molar-refractivity contribution in [2.45, 2.75) is 12.8 Å². The Bertz CT molecular complexity index is 1110. The monoisotopic (exact) mass is 413 g/mol. The number of amides is 1. The molecule has 0 bridgehead atoms. The van der Waals surface area contributed by atoms with Gasteiger partial charge < -0.3 is 5.32 Å². The van der Waals surface area contributed by atoms with E-state index in [0.29, 0.717) is 26.9 Å². The summed E-state index contributed by atoms with van der Waals surface area (Å²) in [5.74, 6) is -0.517. The molecule has 1 aliphatic carbocycles. The molecule has 0 unspecified atom stereocenters. The first-order valence-electron chi connectivity index (χ1n) is 8.78. The van der Waals surface area contributed by atoms with Crippen LogP contribution < -0.4 is 5.32 Å². The molecule has 0 saturated carbocycles. The Kier molecular flexibility index (Phi) is 5.15. The minimum atomic E-state index is -0.316. The fourth-order valence-electron chi connectivity index (χ4n) is 3.03. The molecule has 28 heavy (non-hydrogen) atoms. The van der Waals surface area contributed by atoms with Gasteiger partial charge in [0.05, 0.1) is 26.8 Å². The molecule has 0 aliphatic heterocycles. The number of aromatic nitrogens is 2. The molecule has 1 aliphatic rings. The molecule has 0 radical (unpaired) electrons. The molecule has 2 aromatic heterocycles. The third-order valence-corrected chi connectivity index (χ3v) is 5.97. The van der Waals surface area contributed by atoms with Crippen LogP contribution in [0.4, 0.5) is 4.39 Å². The van der Waals surface area contributed by atoms with E-state index in [1.807, 2.05) is 24.3 Å². The fraction of sp³-hybridized carbons (Fsp3) is 0.143. The molecular formula is C21H17ClFN3OS. The van der Waals surface area contributed by atoms with Crippen LogP contribution in [0, 0.1) is 5.82 Å². The van der Waals surface area contributed by atoms with Gasteiger partial charge >= 0.3 is 0 Å². The van der Waals surface area contributed by atoms with Crippen LogP contribution >= 0.6 is 22.9 Å². The van der Waals surface area contributed by atoms with Crippen molar-refractivity contribution in [3.63, 3.8) is 0 Å². The summed E-state index contributed by atoms with van der Waals surface area (Å²) >= 11 is 7.54. The van der Waals surface area contributed by atoms with Crippen molar-refractivity contribution in [1.29, 1.82) is 0 Å². The van der Waals surface area contributed by atoms with Crippen LogP contribution in [0.1, 0.15) is 22.5 Å². The number of hydrogen-bond donors (Lipinski definition) is 1. The maximum absolute atomic E-state index is 14.1. The van der Waals surface area contributed by atoms with Crippen LogP contribution in [-0.4, -0.2) is 15.7 Å². The van der Waals surface area contributed by atoms with Crippen molar-refractivity contribution in [1.82, 2.24) is 15.1 Å². The summed E-state index contributed by atoms with van der Waals surface area (Å²) < 4.78 is 15.8. The van der Waals surface area contributed by atoms with Gasteiger partial charge in [0.1, 0.15) is 5.82 Å². The standard InChI is InChI=1S/C21H17ClFN3OS/c1-26-18(12-17(25-26)13-6-2-4-8-15(13)23)19-10-11-20(28-19)21(27)24-16-9-5-3-7-14(16)22/h2,4-6,8-12H,3,7H2,1H3,(H,24,27). The number of thiophene rings is 1. The number of benzene rings is 1. The third-order valence-electron chi connectivity index (χ3n) is 4.47. The van der Waals surface area contributed by atoms with E-state index in [1.165, 1.54) is 17.4 Å². The molecule has 7 heteroatoms. The van der Waals surface area contributed by atoms with E-state index in [9.17, 15) is 9.18 Å². The van der Waals surface area contributed by atoms with Gasteiger partial charge in [-0.1, -0.05) is 29.8 Å². The van der Waals surface area contributed by atoms with Crippen molar-refractivity contribution >= 4 is 28.8 Å². The third kappa shape index (κ3) is 3.66. The predicted molar refractivity (Wildman–Crippen MR) is 111 cm³/mol. The van der Waals surface area contributed by atoms with Crippen LogP contribution in [0.25, 0.3) is 21.8 Å². The van der Waals surface area contributed by atoms with Crippen LogP contribution in [-0.2, 0) is 7.05 Å². The first-order valence-corrected chi connectivity index (χ1v) is 9.98. The average Bonchev–Trinajstić information content (AvgIpc) is 3.31. The zero-order valence-electron chi connectivity index (χ0n) is 15.1. The Balaban J connectivity index is 1.59. The molecular weight excluding hydrogens is 397 g/mol. The summed E-state index contributed by atoms with van der Waals surface area (Å²) in [6.45, 7) is 0. The second-order valence-electron chi connectivity index (χ2n) is 6.40. The number of nitrogens with zero attached hydrogens (tertiary/aromatic N) is 2. The summed E-state index contributed by atoms with van der Waals surface area (Å²) in [5.41, 5.74) is 2.47. The van der Waals surface area contributed by atoms with Crippen molar-refractivity contribution < 1.29 is 9.18 Å². The van der Waals surface area contributed by atoms with Crippen molar-refractivity contribution in [2.24, 2.45) is 7.05 Å². The minimum Gasteiger partial charge on any atom is -0.320 e. The van der Waals surface area contributed by atoms with Crippen LogP contribution in [0.2, 0.25) is 0 Å². The molecule has 142 valence electrons. The van der Waals surface area contributed by atoms with E-state index >= 15 is 0 Å². The van der Waals surface area contributed by atoms with Crippen molar-refractivity contribution in [3.05, 3.63) is 76.0 Å². The van der Waals surface area contributed by atoms with Gasteiger partial charge in [-0.05, 0) is 49.2 Å². The Morgan fingerprint density at radius 3 is 2.89 bits per heavy atom. The Hall–Kier alpha value is -2.70. The van der Waals surface area contributed by atoms with Gasteiger partial charge in [0.2, 0.25) is 0 Å². The Labute approximate surface area is 171 Å². The summed E-state index contributed by atoms with van der Waals surface area (Å²) in [6, 6.07) is 12.0. The lowest BCUT2D eigenvalue weighted by atomic mass is 10.1. The number of aryl methyl sites for hydroxylation is 1. The van der Waals surface area contributed by atoms with Gasteiger partial charge in [-0.2, -0.15) is 5.10 Å². The molecule has 0 atom stereocenters. The molecule has 4 nitrogen and oxygen atoms in total. The zero-order chi connectivity index (χ0) is 19.7. The number of halogens is 2. The van der Waals surface area contributed by atoms with E-state index in [1.54, 1.807) is 36.0 Å². The summed E-state index contributed by atoms with van der Waals surface area (Å²) in [4.78, 5) is 14.0. The summed E-state index contributed by atoms with van der Waals surface area (Å²) in [5, 5.41) is 7.95. The van der Waals surface area contributed by atoms with Gasteiger partial charge in [-0.25, -0.2) is 4.39 Å². The number of hydrogen-bond acceptors (Lipinski definition) is 3. The first-order chi connectivity index (χ1) is 13.5. The van der Waals surface area contributed by atoms with Gasteiger partial charge in [-0.3, -0.25) is 9.48 Å². The zero-order valence-corrected chi connectivity index (χ0v) is 16.6. The maximum atomic E-state index is 14.1. The Morgan fingerprint density at radius 1 is 1.29 bits per heavy atom. The lowest BCUT2D eigenvalue weighted by molar-refractivity contribution is 0.0971. The minimum absolute atomic E-state index is 0.201. The Morgan fingerprint density at radius 2 is 2.11 bits per heavy atom. The SMILES string of the molecule is Cn1nc(-c2ccccc2F)cc1-c1ccc(C(=O)NC2=C(Cl)CCC=C2)s1. The highest BCUT2D eigenvalue weighted by atomic mass is 35.5. The van der Waals surface area contributed by atoms with Gasteiger partial charge in [0, 0.05) is 17.6 Å². The highest BCUT2D eigenvalue weighted by Gasteiger charge is 2.17. The van der Waals surface area contributed by atoms with E-state index in [4.69, 9.17) is 11.6 Å². The second kappa shape index (κ2) is 7.73. The lowest BCUT2D eigenvalue weighted by Crippen LogP contribution is -2.22. The van der Waals surface area contributed by atoms with Gasteiger partial charge in [-0.15, -0.1) is 11.3 Å². The molecule has 3 aromatic rings.